The predicted octanol–water partition coefficient (Wildman–Crippen LogP) is 2.43. The van der Waals surface area contributed by atoms with Gasteiger partial charge in [0.2, 0.25) is 0 Å². The molecule has 2 rings (SSSR count). The topological polar surface area (TPSA) is 82.2 Å². The standard InChI is InChI=1S/C15H20N4O2/c1-2-8-18(14-4-3-7-17-11-14)15-6-5-13(19(20)21)9-12(15)10-16/h5-6,9,14,17H,2-4,7-8,11H2,1H3. The van der Waals surface area contributed by atoms with Crippen LogP contribution in [-0.4, -0.2) is 30.6 Å². The number of nitrogens with zero attached hydrogens (tertiary/aromatic N) is 3. The van der Waals surface area contributed by atoms with E-state index in [1.807, 2.05) is 0 Å². The molecule has 1 unspecified atom stereocenters. The quantitative estimate of drug-likeness (QED) is 0.664. The van der Waals surface area contributed by atoms with E-state index in [2.05, 4.69) is 23.2 Å². The average Bonchev–Trinajstić information content (AvgIpc) is 2.53. The van der Waals surface area contributed by atoms with Crippen LogP contribution in [0.4, 0.5) is 11.4 Å². The van der Waals surface area contributed by atoms with Gasteiger partial charge in [0.15, 0.2) is 0 Å². The van der Waals surface area contributed by atoms with Crippen LogP contribution < -0.4 is 10.2 Å². The van der Waals surface area contributed by atoms with Gasteiger partial charge in [-0.1, -0.05) is 6.92 Å². The first kappa shape index (κ1) is 15.3. The highest BCUT2D eigenvalue weighted by atomic mass is 16.6. The maximum atomic E-state index is 10.9. The van der Waals surface area contributed by atoms with Gasteiger partial charge in [-0.25, -0.2) is 0 Å². The van der Waals surface area contributed by atoms with Gasteiger partial charge in [-0.15, -0.1) is 0 Å². The third kappa shape index (κ3) is 3.50. The molecule has 0 aromatic heterocycles. The van der Waals surface area contributed by atoms with E-state index in [9.17, 15) is 15.4 Å². The highest BCUT2D eigenvalue weighted by molar-refractivity contribution is 5.63. The van der Waals surface area contributed by atoms with Crippen LogP contribution >= 0.6 is 0 Å². The van der Waals surface area contributed by atoms with Gasteiger partial charge >= 0.3 is 0 Å². The number of nitro benzene ring substituents is 1. The minimum atomic E-state index is -0.461. The second kappa shape index (κ2) is 7.04. The van der Waals surface area contributed by atoms with Crippen molar-refractivity contribution in [3.63, 3.8) is 0 Å². The lowest BCUT2D eigenvalue weighted by Gasteiger charge is -2.36. The number of rotatable bonds is 5. The van der Waals surface area contributed by atoms with Gasteiger partial charge in [0.25, 0.3) is 5.69 Å². The van der Waals surface area contributed by atoms with Crippen LogP contribution in [0.5, 0.6) is 0 Å². The van der Waals surface area contributed by atoms with Crippen molar-refractivity contribution in [2.45, 2.75) is 32.2 Å². The van der Waals surface area contributed by atoms with Crippen molar-refractivity contribution >= 4 is 11.4 Å². The Labute approximate surface area is 124 Å². The molecule has 1 aromatic rings. The summed E-state index contributed by atoms with van der Waals surface area (Å²) < 4.78 is 0. The molecule has 0 spiro atoms. The smallest absolute Gasteiger partial charge is 0.270 e. The van der Waals surface area contributed by atoms with Gasteiger partial charge in [0.05, 0.1) is 16.2 Å². The molecule has 0 radical (unpaired) electrons. The van der Waals surface area contributed by atoms with E-state index >= 15 is 0 Å². The third-order valence-corrected chi connectivity index (χ3v) is 3.80. The maximum Gasteiger partial charge on any atom is 0.270 e. The van der Waals surface area contributed by atoms with Crippen LogP contribution in [0, 0.1) is 21.4 Å². The summed E-state index contributed by atoms with van der Waals surface area (Å²) in [6.07, 6.45) is 3.16. The van der Waals surface area contributed by atoms with Crippen molar-refractivity contribution in [1.82, 2.24) is 5.32 Å². The molecule has 1 N–H and O–H groups in total. The lowest BCUT2D eigenvalue weighted by atomic mass is 10.0. The van der Waals surface area contributed by atoms with Crippen LogP contribution in [0.3, 0.4) is 0 Å². The van der Waals surface area contributed by atoms with Crippen LogP contribution in [0.1, 0.15) is 31.7 Å². The molecule has 0 aliphatic carbocycles. The number of nitro groups is 1. The molecule has 0 amide bonds. The van der Waals surface area contributed by atoms with Gasteiger partial charge in [0.1, 0.15) is 6.07 Å². The molecule has 6 heteroatoms. The van der Waals surface area contributed by atoms with E-state index in [-0.39, 0.29) is 5.69 Å². The van der Waals surface area contributed by atoms with Gasteiger partial charge in [-0.05, 0) is 31.9 Å². The van der Waals surface area contributed by atoms with Gasteiger partial charge in [0, 0.05) is 31.3 Å². The Kier molecular flexibility index (Phi) is 5.12. The van der Waals surface area contributed by atoms with E-state index in [1.54, 1.807) is 6.07 Å². The first-order chi connectivity index (χ1) is 10.2. The number of non-ortho nitro benzene ring substituents is 1. The molecule has 112 valence electrons. The summed E-state index contributed by atoms with van der Waals surface area (Å²) in [7, 11) is 0. The molecule has 21 heavy (non-hydrogen) atoms. The lowest BCUT2D eigenvalue weighted by molar-refractivity contribution is -0.384. The Morgan fingerprint density at radius 3 is 2.95 bits per heavy atom. The zero-order valence-corrected chi connectivity index (χ0v) is 12.2. The molecule has 0 bridgehead atoms. The number of hydrogen-bond donors (Lipinski definition) is 1. The molecular formula is C15H20N4O2. The molecule has 1 atom stereocenters. The summed E-state index contributed by atoms with van der Waals surface area (Å²) in [5.74, 6) is 0. The minimum absolute atomic E-state index is 0.0338. The van der Waals surface area contributed by atoms with Crippen molar-refractivity contribution in [1.29, 1.82) is 5.26 Å². The van der Waals surface area contributed by atoms with Gasteiger partial charge < -0.3 is 10.2 Å². The average molecular weight is 288 g/mol. The van der Waals surface area contributed by atoms with Crippen LogP contribution in [0.15, 0.2) is 18.2 Å². The Morgan fingerprint density at radius 2 is 2.38 bits per heavy atom. The number of hydrogen-bond acceptors (Lipinski definition) is 5. The first-order valence-corrected chi connectivity index (χ1v) is 7.33. The van der Waals surface area contributed by atoms with Crippen molar-refractivity contribution in [3.05, 3.63) is 33.9 Å². The fourth-order valence-electron chi connectivity index (χ4n) is 2.82. The fraction of sp³-hybridized carbons (Fsp3) is 0.533. The Morgan fingerprint density at radius 1 is 1.57 bits per heavy atom. The Hall–Kier alpha value is -2.13. The maximum absolute atomic E-state index is 10.9. The number of piperidine rings is 1. The highest BCUT2D eigenvalue weighted by Crippen LogP contribution is 2.28. The van der Waals surface area contributed by atoms with Gasteiger partial charge in [-0.3, -0.25) is 10.1 Å². The van der Waals surface area contributed by atoms with Crippen molar-refractivity contribution < 1.29 is 4.92 Å². The zero-order valence-electron chi connectivity index (χ0n) is 12.2. The van der Waals surface area contributed by atoms with Crippen molar-refractivity contribution in [2.24, 2.45) is 0 Å². The summed E-state index contributed by atoms with van der Waals surface area (Å²) in [6.45, 7) is 4.86. The largest absolute Gasteiger partial charge is 0.366 e. The van der Waals surface area contributed by atoms with E-state index in [0.29, 0.717) is 11.6 Å². The molecule has 1 heterocycles. The molecule has 6 nitrogen and oxygen atoms in total. The number of nitrogens with one attached hydrogen (secondary N) is 1. The van der Waals surface area contributed by atoms with Crippen LogP contribution in [0.2, 0.25) is 0 Å². The normalized spacial score (nSPS) is 18.0. The second-order valence-electron chi connectivity index (χ2n) is 5.26. The fourth-order valence-corrected chi connectivity index (χ4v) is 2.82. The Bertz CT molecular complexity index is 547. The van der Waals surface area contributed by atoms with E-state index < -0.39 is 4.92 Å². The molecule has 1 fully saturated rings. The molecule has 1 aliphatic heterocycles. The summed E-state index contributed by atoms with van der Waals surface area (Å²) in [4.78, 5) is 12.6. The van der Waals surface area contributed by atoms with Crippen LogP contribution in [-0.2, 0) is 0 Å². The number of nitriles is 1. The van der Waals surface area contributed by atoms with Gasteiger partial charge in [-0.2, -0.15) is 5.26 Å². The van der Waals surface area contributed by atoms with Crippen molar-refractivity contribution in [3.8, 4) is 6.07 Å². The van der Waals surface area contributed by atoms with Crippen LogP contribution in [0.25, 0.3) is 0 Å². The number of anilines is 1. The Balaban J connectivity index is 2.35. The summed E-state index contributed by atoms with van der Waals surface area (Å²) >= 11 is 0. The third-order valence-electron chi connectivity index (χ3n) is 3.80. The molecule has 1 aromatic carbocycles. The molecular weight excluding hydrogens is 268 g/mol. The summed E-state index contributed by atoms with van der Waals surface area (Å²) in [5, 5.41) is 23.6. The minimum Gasteiger partial charge on any atom is -0.366 e. The molecule has 0 saturated carbocycles. The van der Waals surface area contributed by atoms with E-state index in [0.717, 1.165) is 44.6 Å². The lowest BCUT2D eigenvalue weighted by Crippen LogP contribution is -2.46. The summed E-state index contributed by atoms with van der Waals surface area (Å²) in [6, 6.07) is 7.00. The van der Waals surface area contributed by atoms with Crippen molar-refractivity contribution in [2.75, 3.05) is 24.5 Å². The SMILES string of the molecule is CCCN(c1ccc([N+](=O)[O-])cc1C#N)C1CCCNC1. The molecule has 1 saturated heterocycles. The zero-order chi connectivity index (χ0) is 15.2. The molecule has 1 aliphatic rings. The number of benzene rings is 1. The van der Waals surface area contributed by atoms with E-state index in [1.165, 1.54) is 12.1 Å². The monoisotopic (exact) mass is 288 g/mol. The highest BCUT2D eigenvalue weighted by Gasteiger charge is 2.23. The second-order valence-corrected chi connectivity index (χ2v) is 5.26. The predicted molar refractivity (Wildman–Crippen MR) is 81.3 cm³/mol. The summed E-state index contributed by atoms with van der Waals surface area (Å²) in [5.41, 5.74) is 1.15. The first-order valence-electron chi connectivity index (χ1n) is 7.33. The van der Waals surface area contributed by atoms with E-state index in [4.69, 9.17) is 0 Å².